The second-order valence-electron chi connectivity index (χ2n) is 8.04. The van der Waals surface area contributed by atoms with Crippen LogP contribution >= 0.6 is 11.6 Å². The Morgan fingerprint density at radius 1 is 1.38 bits per heavy atom. The number of methoxy groups -OCH3 is 1. The highest BCUT2D eigenvalue weighted by molar-refractivity contribution is 6.30. The van der Waals surface area contributed by atoms with Crippen LogP contribution in [-0.2, 0) is 4.74 Å². The summed E-state index contributed by atoms with van der Waals surface area (Å²) >= 11 is 5.81. The van der Waals surface area contributed by atoms with Crippen molar-refractivity contribution in [1.29, 1.82) is 0 Å². The number of ether oxygens (including phenoxy) is 2. The smallest absolute Gasteiger partial charge is 0.410 e. The first-order valence-corrected chi connectivity index (χ1v) is 9.69. The van der Waals surface area contributed by atoms with E-state index in [4.69, 9.17) is 21.1 Å². The number of nitrogens with zero attached hydrogens (tertiary/aromatic N) is 5. The Hall–Kier alpha value is -2.42. The highest BCUT2D eigenvalue weighted by atomic mass is 35.5. The first-order chi connectivity index (χ1) is 13.5. The van der Waals surface area contributed by atoms with Crippen LogP contribution in [0, 0.1) is 5.82 Å². The van der Waals surface area contributed by atoms with E-state index in [1.807, 2.05) is 39.6 Å². The number of halogens is 2. The van der Waals surface area contributed by atoms with Gasteiger partial charge in [-0.15, -0.1) is 0 Å². The number of pyridine rings is 1. The van der Waals surface area contributed by atoms with Gasteiger partial charge in [-0.1, -0.05) is 11.6 Å². The van der Waals surface area contributed by atoms with Gasteiger partial charge in [0.05, 0.1) is 24.6 Å². The lowest BCUT2D eigenvalue weighted by Gasteiger charge is -2.33. The third kappa shape index (κ3) is 4.14. The van der Waals surface area contributed by atoms with Gasteiger partial charge in [0, 0.05) is 19.8 Å². The van der Waals surface area contributed by atoms with E-state index in [0.29, 0.717) is 24.2 Å². The Kier molecular flexibility index (Phi) is 5.71. The molecular weight excluding hydrogens is 401 g/mol. The quantitative estimate of drug-likeness (QED) is 0.694. The van der Waals surface area contributed by atoms with Crippen LogP contribution in [0.25, 0.3) is 10.9 Å². The van der Waals surface area contributed by atoms with Crippen LogP contribution in [-0.4, -0.2) is 64.3 Å². The summed E-state index contributed by atoms with van der Waals surface area (Å²) in [5.74, 6) is -0.271. The molecule has 3 rings (SSSR count). The first kappa shape index (κ1) is 21.3. The number of likely N-dealkylation sites (tertiary alicyclic amines) is 1. The van der Waals surface area contributed by atoms with Gasteiger partial charge in [0.25, 0.3) is 0 Å². The molecule has 1 amide bonds. The highest BCUT2D eigenvalue weighted by Crippen LogP contribution is 2.33. The summed E-state index contributed by atoms with van der Waals surface area (Å²) in [7, 11) is 3.25. The van der Waals surface area contributed by atoms with Crippen LogP contribution < -0.4 is 9.64 Å². The molecule has 2 aromatic rings. The molecule has 158 valence electrons. The Balaban J connectivity index is 1.95. The van der Waals surface area contributed by atoms with Crippen molar-refractivity contribution in [2.75, 3.05) is 25.6 Å². The molecule has 10 heteroatoms. The molecule has 29 heavy (non-hydrogen) atoms. The van der Waals surface area contributed by atoms with Crippen molar-refractivity contribution in [3.05, 3.63) is 17.2 Å². The van der Waals surface area contributed by atoms with E-state index in [-0.39, 0.29) is 34.9 Å². The topological polar surface area (TPSA) is 80.7 Å². The molecule has 3 heterocycles. The Bertz CT molecular complexity index is 936. The van der Waals surface area contributed by atoms with Crippen molar-refractivity contribution in [2.24, 2.45) is 0 Å². The molecule has 1 saturated heterocycles. The van der Waals surface area contributed by atoms with E-state index >= 15 is 0 Å². The molecule has 0 saturated carbocycles. The molecule has 2 atom stereocenters. The number of hydrogen-bond donors (Lipinski definition) is 0. The van der Waals surface area contributed by atoms with Gasteiger partial charge in [0.2, 0.25) is 0 Å². The zero-order valence-corrected chi connectivity index (χ0v) is 18.1. The maximum Gasteiger partial charge on any atom is 0.410 e. The van der Waals surface area contributed by atoms with E-state index < -0.39 is 11.4 Å². The zero-order valence-electron chi connectivity index (χ0n) is 17.4. The Morgan fingerprint density at radius 2 is 2.07 bits per heavy atom. The summed E-state index contributed by atoms with van der Waals surface area (Å²) in [6.45, 7) is 8.00. The number of carbonyl (C=O) groups is 1. The van der Waals surface area contributed by atoms with Gasteiger partial charge >= 0.3 is 12.1 Å². The summed E-state index contributed by atoms with van der Waals surface area (Å²) in [6.07, 6.45) is 1.79. The maximum atomic E-state index is 14.5. The van der Waals surface area contributed by atoms with E-state index in [2.05, 4.69) is 15.0 Å². The number of carbonyl (C=O) groups excluding carboxylic acids is 1. The number of aromatic nitrogens is 3. The molecule has 0 aromatic carbocycles. The standard InChI is InChI=1S/C19H25ClFN5O3/c1-10-12(7-8-26(10)18(27)29-19(2,3)4)25(5)16-11-9-22-15(20)13(21)14(11)23-17(24-16)28-6/h9-10,12H,7-8H2,1-6H3/t10-,12-/m1/s1. The minimum Gasteiger partial charge on any atom is -0.467 e. The number of fused-ring (bicyclic) bond motifs is 1. The van der Waals surface area contributed by atoms with Gasteiger partial charge in [0.15, 0.2) is 11.0 Å². The molecule has 0 radical (unpaired) electrons. The van der Waals surface area contributed by atoms with Crippen LogP contribution in [0.2, 0.25) is 5.15 Å². The fraction of sp³-hybridized carbons (Fsp3) is 0.579. The molecule has 1 aliphatic heterocycles. The minimum absolute atomic E-state index is 0.0233. The monoisotopic (exact) mass is 425 g/mol. The number of amides is 1. The molecule has 0 unspecified atom stereocenters. The van der Waals surface area contributed by atoms with Crippen molar-refractivity contribution >= 4 is 34.4 Å². The van der Waals surface area contributed by atoms with Gasteiger partial charge in [-0.25, -0.2) is 14.2 Å². The Labute approximate surface area is 174 Å². The van der Waals surface area contributed by atoms with Gasteiger partial charge in [-0.2, -0.15) is 9.97 Å². The fourth-order valence-corrected chi connectivity index (χ4v) is 3.67. The molecule has 0 aliphatic carbocycles. The van der Waals surface area contributed by atoms with E-state index in [0.717, 1.165) is 0 Å². The molecule has 0 bridgehead atoms. The number of likely N-dealkylation sites (N-methyl/N-ethyl adjacent to an activating group) is 1. The summed E-state index contributed by atoms with van der Waals surface area (Å²) in [5, 5.41) is 0.148. The molecule has 8 nitrogen and oxygen atoms in total. The minimum atomic E-state index is -0.727. The predicted molar refractivity (Wildman–Crippen MR) is 108 cm³/mol. The lowest BCUT2D eigenvalue weighted by Crippen LogP contribution is -2.45. The average Bonchev–Trinajstić information content (AvgIpc) is 3.03. The summed E-state index contributed by atoms with van der Waals surface area (Å²) in [5.41, 5.74) is -0.534. The summed E-state index contributed by atoms with van der Waals surface area (Å²) in [6, 6.07) is -0.185. The van der Waals surface area contributed by atoms with Gasteiger partial charge in [0.1, 0.15) is 16.9 Å². The average molecular weight is 426 g/mol. The number of rotatable bonds is 3. The van der Waals surface area contributed by atoms with Crippen LogP contribution in [0.15, 0.2) is 6.20 Å². The van der Waals surface area contributed by atoms with Crippen molar-refractivity contribution < 1.29 is 18.7 Å². The number of anilines is 1. The molecule has 0 N–H and O–H groups in total. The summed E-state index contributed by atoms with van der Waals surface area (Å²) in [4.78, 5) is 28.5. The third-order valence-corrected chi connectivity index (χ3v) is 5.22. The lowest BCUT2D eigenvalue weighted by atomic mass is 10.1. The molecule has 2 aromatic heterocycles. The second-order valence-corrected chi connectivity index (χ2v) is 8.40. The van der Waals surface area contributed by atoms with Gasteiger partial charge < -0.3 is 19.3 Å². The maximum absolute atomic E-state index is 14.5. The van der Waals surface area contributed by atoms with Crippen LogP contribution in [0.3, 0.4) is 0 Å². The molecule has 0 spiro atoms. The van der Waals surface area contributed by atoms with E-state index in [1.165, 1.54) is 13.3 Å². The predicted octanol–water partition coefficient (Wildman–Crippen LogP) is 3.66. The van der Waals surface area contributed by atoms with Crippen molar-refractivity contribution in [1.82, 2.24) is 19.9 Å². The van der Waals surface area contributed by atoms with E-state index in [9.17, 15) is 9.18 Å². The Morgan fingerprint density at radius 3 is 2.69 bits per heavy atom. The van der Waals surface area contributed by atoms with Crippen molar-refractivity contribution in [2.45, 2.75) is 51.8 Å². The first-order valence-electron chi connectivity index (χ1n) is 9.31. The molecule has 1 fully saturated rings. The van der Waals surface area contributed by atoms with Crippen LogP contribution in [0.4, 0.5) is 15.0 Å². The van der Waals surface area contributed by atoms with Crippen LogP contribution in [0.1, 0.15) is 34.1 Å². The van der Waals surface area contributed by atoms with Crippen LogP contribution in [0.5, 0.6) is 6.01 Å². The van der Waals surface area contributed by atoms with Gasteiger partial charge in [-0.3, -0.25) is 0 Å². The second kappa shape index (κ2) is 7.78. The summed E-state index contributed by atoms with van der Waals surface area (Å²) < 4.78 is 25.2. The SMILES string of the molecule is COc1nc(N(C)[C@@H]2CCN(C(=O)OC(C)(C)C)[C@@H]2C)c2cnc(Cl)c(F)c2n1. The normalized spacial score (nSPS) is 19.5. The number of hydrogen-bond acceptors (Lipinski definition) is 7. The highest BCUT2D eigenvalue weighted by Gasteiger charge is 2.39. The van der Waals surface area contributed by atoms with Crippen molar-refractivity contribution in [3.63, 3.8) is 0 Å². The largest absolute Gasteiger partial charge is 0.467 e. The van der Waals surface area contributed by atoms with E-state index in [1.54, 1.807) is 4.90 Å². The van der Waals surface area contributed by atoms with Crippen molar-refractivity contribution in [3.8, 4) is 6.01 Å². The zero-order chi connectivity index (χ0) is 21.5. The molecule has 1 aliphatic rings. The fourth-order valence-electron chi connectivity index (χ4n) is 3.54. The molecular formula is C19H25ClFN5O3. The lowest BCUT2D eigenvalue weighted by molar-refractivity contribution is 0.0233. The third-order valence-electron chi connectivity index (χ3n) is 4.96. The van der Waals surface area contributed by atoms with Gasteiger partial charge in [-0.05, 0) is 34.1 Å².